The van der Waals surface area contributed by atoms with Gasteiger partial charge in [-0.2, -0.15) is 0 Å². The average molecular weight is 192 g/mol. The van der Waals surface area contributed by atoms with Gasteiger partial charge in [0.25, 0.3) is 0 Å². The molecule has 0 aliphatic carbocycles. The van der Waals surface area contributed by atoms with Crippen LogP contribution in [-0.4, -0.2) is 16.8 Å². The van der Waals surface area contributed by atoms with Gasteiger partial charge in [0.2, 0.25) is 5.91 Å². The molecule has 0 bridgehead atoms. The van der Waals surface area contributed by atoms with Crippen molar-refractivity contribution in [1.29, 1.82) is 0 Å². The topological polar surface area (TPSA) is 61.7 Å². The number of rotatable bonds is 2. The summed E-state index contributed by atoms with van der Waals surface area (Å²) in [5.74, 6) is -0.124. The second-order valence-electron chi connectivity index (χ2n) is 2.95. The van der Waals surface area contributed by atoms with Crippen molar-refractivity contribution in [2.75, 3.05) is 5.32 Å². The van der Waals surface area contributed by atoms with Crippen molar-refractivity contribution >= 4 is 17.3 Å². The van der Waals surface area contributed by atoms with E-state index in [-0.39, 0.29) is 5.91 Å². The third-order valence-electron chi connectivity index (χ3n) is 1.75. The zero-order valence-electron chi connectivity index (χ0n) is 8.11. The van der Waals surface area contributed by atoms with E-state index in [1.807, 2.05) is 0 Å². The number of benzene rings is 1. The van der Waals surface area contributed by atoms with Crippen LogP contribution in [0.4, 0.5) is 5.69 Å². The van der Waals surface area contributed by atoms with Gasteiger partial charge in [-0.25, -0.2) is 0 Å². The zero-order valence-corrected chi connectivity index (χ0v) is 8.11. The molecule has 74 valence electrons. The Morgan fingerprint density at radius 2 is 2.14 bits per heavy atom. The van der Waals surface area contributed by atoms with Gasteiger partial charge in [0.1, 0.15) is 0 Å². The molecule has 0 saturated carbocycles. The molecule has 0 fully saturated rings. The first-order valence-electron chi connectivity index (χ1n) is 4.20. The molecule has 4 heteroatoms. The van der Waals surface area contributed by atoms with E-state index in [1.165, 1.54) is 6.92 Å². The SMILES string of the molecule is CC(=O)Nc1cccc(C(C)=NO)c1. The lowest BCUT2D eigenvalue weighted by molar-refractivity contribution is -0.114. The van der Waals surface area contributed by atoms with Crippen molar-refractivity contribution in [3.05, 3.63) is 29.8 Å². The number of hydrogen-bond acceptors (Lipinski definition) is 3. The van der Waals surface area contributed by atoms with E-state index < -0.39 is 0 Å². The first-order valence-corrected chi connectivity index (χ1v) is 4.20. The Bertz CT molecular complexity index is 372. The number of hydrogen-bond donors (Lipinski definition) is 2. The Balaban J connectivity index is 2.95. The molecule has 0 radical (unpaired) electrons. The second kappa shape index (κ2) is 4.41. The second-order valence-corrected chi connectivity index (χ2v) is 2.95. The molecule has 1 aromatic rings. The molecule has 1 aromatic carbocycles. The van der Waals surface area contributed by atoms with Gasteiger partial charge in [0.05, 0.1) is 5.71 Å². The summed E-state index contributed by atoms with van der Waals surface area (Å²) < 4.78 is 0. The molecule has 1 amide bonds. The molecule has 14 heavy (non-hydrogen) atoms. The molecular formula is C10H12N2O2. The van der Waals surface area contributed by atoms with E-state index >= 15 is 0 Å². The van der Waals surface area contributed by atoms with Crippen LogP contribution in [0, 0.1) is 0 Å². The highest BCUT2D eigenvalue weighted by molar-refractivity contribution is 5.99. The number of oxime groups is 1. The number of amides is 1. The van der Waals surface area contributed by atoms with Crippen LogP contribution in [0.5, 0.6) is 0 Å². The molecule has 0 spiro atoms. The lowest BCUT2D eigenvalue weighted by atomic mass is 10.1. The normalized spacial score (nSPS) is 11.1. The molecule has 0 atom stereocenters. The van der Waals surface area contributed by atoms with Gasteiger partial charge in [-0.15, -0.1) is 0 Å². The molecule has 2 N–H and O–H groups in total. The van der Waals surface area contributed by atoms with Gasteiger partial charge < -0.3 is 10.5 Å². The standard InChI is InChI=1S/C10H12N2O2/c1-7(12-14)9-4-3-5-10(6-9)11-8(2)13/h3-6,14H,1-2H3,(H,11,13). The number of nitrogens with zero attached hydrogens (tertiary/aromatic N) is 1. The minimum atomic E-state index is -0.124. The summed E-state index contributed by atoms with van der Waals surface area (Å²) >= 11 is 0. The van der Waals surface area contributed by atoms with Crippen LogP contribution in [0.2, 0.25) is 0 Å². The van der Waals surface area contributed by atoms with E-state index in [1.54, 1.807) is 31.2 Å². The van der Waals surface area contributed by atoms with E-state index in [9.17, 15) is 4.79 Å². The van der Waals surface area contributed by atoms with Crippen molar-refractivity contribution in [1.82, 2.24) is 0 Å². The summed E-state index contributed by atoms with van der Waals surface area (Å²) in [7, 11) is 0. The van der Waals surface area contributed by atoms with E-state index in [4.69, 9.17) is 5.21 Å². The predicted octanol–water partition coefficient (Wildman–Crippen LogP) is 1.84. The Hall–Kier alpha value is -1.84. The molecule has 0 aliphatic heterocycles. The van der Waals surface area contributed by atoms with Gasteiger partial charge in [0, 0.05) is 18.2 Å². The van der Waals surface area contributed by atoms with Crippen LogP contribution in [0.15, 0.2) is 29.4 Å². The average Bonchev–Trinajstić information content (AvgIpc) is 2.16. The first kappa shape index (κ1) is 10.2. The fourth-order valence-corrected chi connectivity index (χ4v) is 1.08. The summed E-state index contributed by atoms with van der Waals surface area (Å²) in [5.41, 5.74) is 1.98. The maximum absolute atomic E-state index is 10.8. The van der Waals surface area contributed by atoms with Crippen molar-refractivity contribution in [2.24, 2.45) is 5.16 Å². The fraction of sp³-hybridized carbons (Fsp3) is 0.200. The first-order chi connectivity index (χ1) is 6.63. The molecule has 0 unspecified atom stereocenters. The van der Waals surface area contributed by atoms with Gasteiger partial charge in [0.15, 0.2) is 0 Å². The van der Waals surface area contributed by atoms with E-state index in [0.717, 1.165) is 5.56 Å². The smallest absolute Gasteiger partial charge is 0.221 e. The summed E-state index contributed by atoms with van der Waals surface area (Å²) in [4.78, 5) is 10.8. The Morgan fingerprint density at radius 3 is 2.71 bits per heavy atom. The zero-order chi connectivity index (χ0) is 10.6. The molecule has 0 aliphatic rings. The van der Waals surface area contributed by atoms with E-state index in [2.05, 4.69) is 10.5 Å². The molecule has 0 heterocycles. The summed E-state index contributed by atoms with van der Waals surface area (Å²) in [6.45, 7) is 3.13. The molecular weight excluding hydrogens is 180 g/mol. The molecule has 1 rings (SSSR count). The predicted molar refractivity (Wildman–Crippen MR) is 54.7 cm³/mol. The number of anilines is 1. The number of nitrogens with one attached hydrogen (secondary N) is 1. The number of carbonyl (C=O) groups excluding carboxylic acids is 1. The monoisotopic (exact) mass is 192 g/mol. The lowest BCUT2D eigenvalue weighted by Gasteiger charge is -2.04. The van der Waals surface area contributed by atoms with Gasteiger partial charge >= 0.3 is 0 Å². The van der Waals surface area contributed by atoms with Crippen LogP contribution >= 0.6 is 0 Å². The maximum atomic E-state index is 10.8. The van der Waals surface area contributed by atoms with Gasteiger partial charge in [-0.1, -0.05) is 17.3 Å². The minimum absolute atomic E-state index is 0.124. The fourth-order valence-electron chi connectivity index (χ4n) is 1.08. The lowest BCUT2D eigenvalue weighted by Crippen LogP contribution is -2.06. The van der Waals surface area contributed by atoms with Crippen molar-refractivity contribution in [3.63, 3.8) is 0 Å². The Morgan fingerprint density at radius 1 is 1.43 bits per heavy atom. The summed E-state index contributed by atoms with van der Waals surface area (Å²) in [6, 6.07) is 7.11. The van der Waals surface area contributed by atoms with Gasteiger partial charge in [-0.3, -0.25) is 4.79 Å². The third kappa shape index (κ3) is 2.58. The van der Waals surface area contributed by atoms with Crippen LogP contribution in [0.3, 0.4) is 0 Å². The minimum Gasteiger partial charge on any atom is -0.411 e. The third-order valence-corrected chi connectivity index (χ3v) is 1.75. The largest absolute Gasteiger partial charge is 0.411 e. The van der Waals surface area contributed by atoms with Crippen LogP contribution in [0.1, 0.15) is 19.4 Å². The van der Waals surface area contributed by atoms with Gasteiger partial charge in [-0.05, 0) is 19.1 Å². The van der Waals surface area contributed by atoms with Crippen molar-refractivity contribution in [2.45, 2.75) is 13.8 Å². The van der Waals surface area contributed by atoms with Crippen LogP contribution in [0.25, 0.3) is 0 Å². The maximum Gasteiger partial charge on any atom is 0.221 e. The van der Waals surface area contributed by atoms with Crippen LogP contribution in [-0.2, 0) is 4.79 Å². The van der Waals surface area contributed by atoms with Crippen molar-refractivity contribution < 1.29 is 10.0 Å². The van der Waals surface area contributed by atoms with Crippen molar-refractivity contribution in [3.8, 4) is 0 Å². The highest BCUT2D eigenvalue weighted by atomic mass is 16.4. The molecule has 0 saturated heterocycles. The number of carbonyl (C=O) groups is 1. The molecule has 4 nitrogen and oxygen atoms in total. The highest BCUT2D eigenvalue weighted by Gasteiger charge is 2.00. The summed E-state index contributed by atoms with van der Waals surface area (Å²) in [5, 5.41) is 14.3. The van der Waals surface area contributed by atoms with E-state index in [0.29, 0.717) is 11.4 Å². The Labute approximate surface area is 82.2 Å². The summed E-state index contributed by atoms with van der Waals surface area (Å²) in [6.07, 6.45) is 0. The van der Waals surface area contributed by atoms with Crippen LogP contribution < -0.4 is 5.32 Å². The quantitative estimate of drug-likeness (QED) is 0.426. The Kier molecular flexibility index (Phi) is 3.23. The molecule has 0 aromatic heterocycles. The highest BCUT2D eigenvalue weighted by Crippen LogP contribution is 2.11.